The van der Waals surface area contributed by atoms with Crippen molar-refractivity contribution in [2.45, 2.75) is 91.4 Å². The third-order valence-corrected chi connectivity index (χ3v) is 3.93. The van der Waals surface area contributed by atoms with Gasteiger partial charge in [-0.1, -0.05) is 78.6 Å². The first-order valence-electron chi connectivity index (χ1n) is 8.30. The van der Waals surface area contributed by atoms with Crippen molar-refractivity contribution in [3.8, 4) is 0 Å². The first-order chi connectivity index (χ1) is 9.07. The Morgan fingerprint density at radius 1 is 0.842 bits per heavy atom. The number of carbonyl (C=O) groups is 1. The fraction of sp³-hybridized carbons (Fsp3) is 0.941. The zero-order chi connectivity index (χ0) is 14.5. The molecular weight excluding hydrogens is 236 g/mol. The third-order valence-electron chi connectivity index (χ3n) is 3.93. The highest BCUT2D eigenvalue weighted by molar-refractivity contribution is 5.69. The van der Waals surface area contributed by atoms with Gasteiger partial charge in [0.05, 0.1) is 5.92 Å². The summed E-state index contributed by atoms with van der Waals surface area (Å²) in [6.45, 7) is 6.55. The lowest BCUT2D eigenvalue weighted by Gasteiger charge is -2.09. The van der Waals surface area contributed by atoms with Crippen LogP contribution in [-0.2, 0) is 4.79 Å². The van der Waals surface area contributed by atoms with E-state index in [0.29, 0.717) is 0 Å². The van der Waals surface area contributed by atoms with E-state index < -0.39 is 5.97 Å². The molecule has 1 atom stereocenters. The van der Waals surface area contributed by atoms with Crippen molar-refractivity contribution >= 4 is 5.97 Å². The van der Waals surface area contributed by atoms with Gasteiger partial charge in [-0.05, 0) is 18.8 Å². The Bertz CT molecular complexity index is 211. The Labute approximate surface area is 120 Å². The van der Waals surface area contributed by atoms with Gasteiger partial charge in [0.25, 0.3) is 0 Å². The summed E-state index contributed by atoms with van der Waals surface area (Å²) < 4.78 is 0. The van der Waals surface area contributed by atoms with E-state index >= 15 is 0 Å². The molecule has 19 heavy (non-hydrogen) atoms. The van der Waals surface area contributed by atoms with Crippen molar-refractivity contribution in [3.63, 3.8) is 0 Å². The number of aliphatic carboxylic acids is 1. The summed E-state index contributed by atoms with van der Waals surface area (Å²) in [4.78, 5) is 10.8. The normalized spacial score (nSPS) is 12.8. The molecule has 0 amide bonds. The zero-order valence-corrected chi connectivity index (χ0v) is 13.3. The standard InChI is InChI=1S/C17H34O2/c1-4-16(17(18)19)14-12-10-8-6-5-7-9-11-13-15(2)3/h15-16H,4-14H2,1-3H3,(H,18,19). The van der Waals surface area contributed by atoms with Crippen LogP contribution in [0.3, 0.4) is 0 Å². The minimum atomic E-state index is -0.618. The summed E-state index contributed by atoms with van der Waals surface area (Å²) in [7, 11) is 0. The molecule has 0 heterocycles. The molecule has 0 radical (unpaired) electrons. The van der Waals surface area contributed by atoms with E-state index in [2.05, 4.69) is 13.8 Å². The van der Waals surface area contributed by atoms with Gasteiger partial charge in [0.2, 0.25) is 0 Å². The summed E-state index contributed by atoms with van der Waals surface area (Å²) in [6, 6.07) is 0. The van der Waals surface area contributed by atoms with Crippen LogP contribution in [0.15, 0.2) is 0 Å². The van der Waals surface area contributed by atoms with Gasteiger partial charge in [0.1, 0.15) is 0 Å². The van der Waals surface area contributed by atoms with Crippen LogP contribution in [0, 0.1) is 11.8 Å². The predicted molar refractivity (Wildman–Crippen MR) is 82.4 cm³/mol. The lowest BCUT2D eigenvalue weighted by atomic mass is 9.98. The van der Waals surface area contributed by atoms with Gasteiger partial charge >= 0.3 is 5.97 Å². The Balaban J connectivity index is 3.21. The van der Waals surface area contributed by atoms with Crippen LogP contribution in [0.1, 0.15) is 91.4 Å². The summed E-state index contributed by atoms with van der Waals surface area (Å²) >= 11 is 0. The molecule has 1 unspecified atom stereocenters. The first-order valence-corrected chi connectivity index (χ1v) is 8.30. The zero-order valence-electron chi connectivity index (χ0n) is 13.3. The SMILES string of the molecule is CCC(CCCCCCCCCCC(C)C)C(=O)O. The molecule has 0 aromatic rings. The van der Waals surface area contributed by atoms with Crippen molar-refractivity contribution < 1.29 is 9.90 Å². The highest BCUT2D eigenvalue weighted by Crippen LogP contribution is 2.16. The summed E-state index contributed by atoms with van der Waals surface area (Å²) in [5.41, 5.74) is 0. The second-order valence-electron chi connectivity index (χ2n) is 6.24. The summed E-state index contributed by atoms with van der Waals surface area (Å²) in [5.74, 6) is 0.115. The molecule has 0 bridgehead atoms. The number of hydrogen-bond donors (Lipinski definition) is 1. The fourth-order valence-electron chi connectivity index (χ4n) is 2.51. The minimum absolute atomic E-state index is 0.115. The Morgan fingerprint density at radius 2 is 1.26 bits per heavy atom. The molecular formula is C17H34O2. The second-order valence-corrected chi connectivity index (χ2v) is 6.24. The van der Waals surface area contributed by atoms with Gasteiger partial charge < -0.3 is 5.11 Å². The number of carboxylic acid groups (broad SMARTS) is 1. The van der Waals surface area contributed by atoms with Crippen LogP contribution in [0.25, 0.3) is 0 Å². The lowest BCUT2D eigenvalue weighted by Crippen LogP contribution is -2.12. The van der Waals surface area contributed by atoms with Gasteiger partial charge in [-0.2, -0.15) is 0 Å². The molecule has 0 aromatic heterocycles. The van der Waals surface area contributed by atoms with Crippen molar-refractivity contribution in [1.29, 1.82) is 0 Å². The van der Waals surface area contributed by atoms with E-state index in [0.717, 1.165) is 25.2 Å². The minimum Gasteiger partial charge on any atom is -0.481 e. The molecule has 0 aliphatic heterocycles. The summed E-state index contributed by atoms with van der Waals surface area (Å²) in [5, 5.41) is 8.94. The van der Waals surface area contributed by atoms with E-state index in [1.807, 2.05) is 6.92 Å². The fourth-order valence-corrected chi connectivity index (χ4v) is 2.51. The van der Waals surface area contributed by atoms with Gasteiger partial charge in [-0.25, -0.2) is 0 Å². The molecule has 2 heteroatoms. The van der Waals surface area contributed by atoms with Gasteiger partial charge in [-0.15, -0.1) is 0 Å². The van der Waals surface area contributed by atoms with E-state index in [9.17, 15) is 4.79 Å². The molecule has 0 rings (SSSR count). The maximum Gasteiger partial charge on any atom is 0.306 e. The predicted octanol–water partition coefficient (Wildman–Crippen LogP) is 5.65. The molecule has 2 nitrogen and oxygen atoms in total. The third kappa shape index (κ3) is 12.3. The maximum atomic E-state index is 10.8. The number of rotatable bonds is 13. The van der Waals surface area contributed by atoms with Crippen molar-refractivity contribution in [2.24, 2.45) is 11.8 Å². The molecule has 0 saturated carbocycles. The Hall–Kier alpha value is -0.530. The molecule has 0 aromatic carbocycles. The molecule has 114 valence electrons. The molecule has 1 N–H and O–H groups in total. The van der Waals surface area contributed by atoms with Crippen LogP contribution >= 0.6 is 0 Å². The Kier molecular flexibility index (Phi) is 12.2. The smallest absolute Gasteiger partial charge is 0.306 e. The van der Waals surface area contributed by atoms with Gasteiger partial charge in [-0.3, -0.25) is 4.79 Å². The molecule has 0 aliphatic carbocycles. The lowest BCUT2D eigenvalue weighted by molar-refractivity contribution is -0.142. The van der Waals surface area contributed by atoms with Crippen molar-refractivity contribution in [3.05, 3.63) is 0 Å². The molecule has 0 saturated heterocycles. The largest absolute Gasteiger partial charge is 0.481 e. The first kappa shape index (κ1) is 18.5. The van der Waals surface area contributed by atoms with Crippen LogP contribution in [0.5, 0.6) is 0 Å². The number of unbranched alkanes of at least 4 members (excludes halogenated alkanes) is 7. The van der Waals surface area contributed by atoms with E-state index in [4.69, 9.17) is 5.11 Å². The van der Waals surface area contributed by atoms with E-state index in [-0.39, 0.29) is 5.92 Å². The highest BCUT2D eigenvalue weighted by Gasteiger charge is 2.13. The van der Waals surface area contributed by atoms with Crippen molar-refractivity contribution in [1.82, 2.24) is 0 Å². The molecule has 0 aliphatic rings. The maximum absolute atomic E-state index is 10.8. The van der Waals surface area contributed by atoms with E-state index in [1.165, 1.54) is 51.4 Å². The monoisotopic (exact) mass is 270 g/mol. The van der Waals surface area contributed by atoms with Gasteiger partial charge in [0.15, 0.2) is 0 Å². The summed E-state index contributed by atoms with van der Waals surface area (Å²) in [6.07, 6.45) is 13.4. The van der Waals surface area contributed by atoms with Gasteiger partial charge in [0, 0.05) is 0 Å². The van der Waals surface area contributed by atoms with Crippen LogP contribution < -0.4 is 0 Å². The van der Waals surface area contributed by atoms with Crippen LogP contribution in [0.2, 0.25) is 0 Å². The number of carboxylic acids is 1. The highest BCUT2D eigenvalue weighted by atomic mass is 16.4. The van der Waals surface area contributed by atoms with E-state index in [1.54, 1.807) is 0 Å². The van der Waals surface area contributed by atoms with Crippen LogP contribution in [-0.4, -0.2) is 11.1 Å². The quantitative estimate of drug-likeness (QED) is 0.439. The Morgan fingerprint density at radius 3 is 1.63 bits per heavy atom. The number of hydrogen-bond acceptors (Lipinski definition) is 1. The topological polar surface area (TPSA) is 37.3 Å². The second kappa shape index (κ2) is 12.5. The average Bonchev–Trinajstić information content (AvgIpc) is 2.35. The van der Waals surface area contributed by atoms with Crippen molar-refractivity contribution in [2.75, 3.05) is 0 Å². The average molecular weight is 270 g/mol. The van der Waals surface area contributed by atoms with Crippen LogP contribution in [0.4, 0.5) is 0 Å². The molecule has 0 spiro atoms. The molecule has 0 fully saturated rings.